The average Bonchev–Trinajstić information content (AvgIpc) is 2.86. The average molecular weight is 254 g/mol. The van der Waals surface area contributed by atoms with Gasteiger partial charge in [-0.3, -0.25) is 9.59 Å². The lowest BCUT2D eigenvalue weighted by molar-refractivity contribution is -0.126. The van der Waals surface area contributed by atoms with E-state index in [1.807, 2.05) is 0 Å². The van der Waals surface area contributed by atoms with Crippen LogP contribution in [0.1, 0.15) is 19.3 Å². The van der Waals surface area contributed by atoms with E-state index in [0.717, 1.165) is 0 Å². The Morgan fingerprint density at radius 2 is 2.17 bits per heavy atom. The molecule has 1 fully saturated rings. The van der Waals surface area contributed by atoms with E-state index < -0.39 is 23.5 Å². The van der Waals surface area contributed by atoms with E-state index in [0.29, 0.717) is 5.82 Å². The molecular weight excluding hydrogens is 242 g/mol. The number of anilines is 1. The van der Waals surface area contributed by atoms with Gasteiger partial charge in [0.25, 0.3) is 5.92 Å². The minimum Gasteiger partial charge on any atom is -0.310 e. The zero-order valence-electron chi connectivity index (χ0n) is 9.53. The second kappa shape index (κ2) is 4.80. The Balaban J connectivity index is 1.76. The number of carbonyl (C=O) groups is 2. The van der Waals surface area contributed by atoms with Crippen molar-refractivity contribution in [2.24, 2.45) is 5.92 Å². The molecule has 1 N–H and O–H groups in total. The van der Waals surface area contributed by atoms with E-state index in [4.69, 9.17) is 0 Å². The van der Waals surface area contributed by atoms with Gasteiger partial charge in [-0.15, -0.1) is 0 Å². The quantitative estimate of drug-likeness (QED) is 0.818. The van der Waals surface area contributed by atoms with Crippen molar-refractivity contribution in [2.75, 3.05) is 5.32 Å². The van der Waals surface area contributed by atoms with Crippen LogP contribution in [0.5, 0.6) is 0 Å². The number of halogens is 2. The third kappa shape index (κ3) is 3.32. The molecule has 1 unspecified atom stereocenters. The van der Waals surface area contributed by atoms with Gasteiger partial charge >= 0.3 is 0 Å². The molecule has 0 spiro atoms. The maximum absolute atomic E-state index is 12.6. The fourth-order valence-electron chi connectivity index (χ4n) is 1.64. The molecule has 0 radical (unpaired) electrons. The van der Waals surface area contributed by atoms with Crippen molar-refractivity contribution >= 4 is 17.5 Å². The van der Waals surface area contributed by atoms with Gasteiger partial charge in [-0.1, -0.05) is 6.07 Å². The Labute approximate surface area is 102 Å². The highest BCUT2D eigenvalue weighted by Crippen LogP contribution is 2.50. The fraction of sp³-hybridized carbons (Fsp3) is 0.417. The summed E-state index contributed by atoms with van der Waals surface area (Å²) in [5.74, 6) is -4.25. The van der Waals surface area contributed by atoms with Crippen molar-refractivity contribution < 1.29 is 18.4 Å². The predicted octanol–water partition coefficient (Wildman–Crippen LogP) is 2.02. The van der Waals surface area contributed by atoms with Crippen molar-refractivity contribution in [3.05, 3.63) is 24.4 Å². The molecule has 0 saturated heterocycles. The van der Waals surface area contributed by atoms with Crippen molar-refractivity contribution in [2.45, 2.75) is 25.2 Å². The molecule has 1 saturated carbocycles. The molecule has 1 aliphatic carbocycles. The second-order valence-electron chi connectivity index (χ2n) is 4.34. The van der Waals surface area contributed by atoms with Gasteiger partial charge in [-0.2, -0.15) is 0 Å². The summed E-state index contributed by atoms with van der Waals surface area (Å²) in [5, 5.41) is 2.43. The number of hydrogen-bond acceptors (Lipinski definition) is 3. The third-order valence-electron chi connectivity index (χ3n) is 2.72. The largest absolute Gasteiger partial charge is 0.310 e. The second-order valence-corrected chi connectivity index (χ2v) is 4.34. The molecule has 1 heterocycles. The summed E-state index contributed by atoms with van der Waals surface area (Å²) in [6.45, 7) is 0. The van der Waals surface area contributed by atoms with Crippen LogP contribution in [0.15, 0.2) is 24.4 Å². The number of carbonyl (C=O) groups excluding carboxylic acids is 2. The first kappa shape index (κ1) is 12.6. The van der Waals surface area contributed by atoms with Gasteiger partial charge in [0.1, 0.15) is 11.6 Å². The lowest BCUT2D eigenvalue weighted by atomic mass is 10.1. The smallest absolute Gasteiger partial charge is 0.252 e. The van der Waals surface area contributed by atoms with E-state index in [1.165, 1.54) is 6.20 Å². The highest BCUT2D eigenvalue weighted by molar-refractivity contribution is 6.04. The monoisotopic (exact) mass is 254 g/mol. The first-order valence-electron chi connectivity index (χ1n) is 5.58. The van der Waals surface area contributed by atoms with Gasteiger partial charge in [-0.05, 0) is 12.1 Å². The van der Waals surface area contributed by atoms with E-state index in [1.54, 1.807) is 18.2 Å². The molecule has 1 aromatic heterocycles. The van der Waals surface area contributed by atoms with Gasteiger partial charge in [0.2, 0.25) is 5.91 Å². The Morgan fingerprint density at radius 1 is 1.44 bits per heavy atom. The molecule has 1 amide bonds. The van der Waals surface area contributed by atoms with Crippen LogP contribution in [0.25, 0.3) is 0 Å². The van der Waals surface area contributed by atoms with E-state index in [-0.39, 0.29) is 19.3 Å². The summed E-state index contributed by atoms with van der Waals surface area (Å²) in [6.07, 6.45) is 0.634. The minimum absolute atomic E-state index is 0.233. The molecule has 6 heteroatoms. The normalized spacial score (nSPS) is 20.2. The molecule has 2 rings (SSSR count). The number of alkyl halides is 2. The zero-order chi connectivity index (χ0) is 13.2. The van der Waals surface area contributed by atoms with Crippen LogP contribution in [0.2, 0.25) is 0 Å². The van der Waals surface area contributed by atoms with Gasteiger partial charge in [0.15, 0.2) is 0 Å². The molecule has 18 heavy (non-hydrogen) atoms. The van der Waals surface area contributed by atoms with Crippen LogP contribution in [0.4, 0.5) is 14.6 Å². The lowest BCUT2D eigenvalue weighted by Gasteiger charge is -2.03. The van der Waals surface area contributed by atoms with E-state index in [2.05, 4.69) is 10.3 Å². The van der Waals surface area contributed by atoms with Gasteiger partial charge in [0, 0.05) is 25.0 Å². The van der Waals surface area contributed by atoms with Crippen molar-refractivity contribution in [1.29, 1.82) is 0 Å². The van der Waals surface area contributed by atoms with E-state index in [9.17, 15) is 18.4 Å². The summed E-state index contributed by atoms with van der Waals surface area (Å²) >= 11 is 0. The Hall–Kier alpha value is -1.85. The molecule has 4 nitrogen and oxygen atoms in total. The number of hydrogen-bond donors (Lipinski definition) is 1. The number of amides is 1. The summed E-state index contributed by atoms with van der Waals surface area (Å²) in [6, 6.07) is 4.96. The number of pyridine rings is 1. The first-order chi connectivity index (χ1) is 8.47. The number of Topliss-reactive ketones (excluding diaryl/α,β-unsaturated/α-hetero) is 1. The van der Waals surface area contributed by atoms with Crippen LogP contribution >= 0.6 is 0 Å². The standard InChI is InChI=1S/C12H12F2N2O2/c13-12(14)7-8(12)5-9(17)6-11(18)16-10-3-1-2-4-15-10/h1-4,8H,5-7H2,(H,15,16,18). The molecule has 0 bridgehead atoms. The van der Waals surface area contributed by atoms with Crippen molar-refractivity contribution in [3.63, 3.8) is 0 Å². The maximum atomic E-state index is 12.6. The van der Waals surface area contributed by atoms with Crippen LogP contribution in [-0.2, 0) is 9.59 Å². The molecule has 0 aromatic carbocycles. The highest BCUT2D eigenvalue weighted by atomic mass is 19.3. The van der Waals surface area contributed by atoms with Crippen LogP contribution in [0, 0.1) is 5.92 Å². The third-order valence-corrected chi connectivity index (χ3v) is 2.72. The van der Waals surface area contributed by atoms with Crippen molar-refractivity contribution in [1.82, 2.24) is 4.98 Å². The highest BCUT2D eigenvalue weighted by Gasteiger charge is 2.57. The van der Waals surface area contributed by atoms with Crippen LogP contribution < -0.4 is 5.32 Å². The van der Waals surface area contributed by atoms with Crippen molar-refractivity contribution in [3.8, 4) is 0 Å². The topological polar surface area (TPSA) is 59.1 Å². The summed E-state index contributed by atoms with van der Waals surface area (Å²) in [7, 11) is 0. The molecule has 1 aromatic rings. The molecule has 96 valence electrons. The minimum atomic E-state index is -2.72. The number of aromatic nitrogens is 1. The SMILES string of the molecule is O=C(CC(=O)Nc1ccccn1)CC1CC1(F)F. The molecule has 1 atom stereocenters. The van der Waals surface area contributed by atoms with Crippen LogP contribution in [-0.4, -0.2) is 22.6 Å². The van der Waals surface area contributed by atoms with E-state index >= 15 is 0 Å². The summed E-state index contributed by atoms with van der Waals surface area (Å²) in [5.41, 5.74) is 0. The first-order valence-corrected chi connectivity index (χ1v) is 5.58. The Kier molecular flexibility index (Phi) is 3.36. The number of nitrogens with one attached hydrogen (secondary N) is 1. The lowest BCUT2D eigenvalue weighted by Crippen LogP contribution is -2.17. The fourth-order valence-corrected chi connectivity index (χ4v) is 1.64. The summed E-state index contributed by atoms with van der Waals surface area (Å²) in [4.78, 5) is 26.7. The number of rotatable bonds is 5. The summed E-state index contributed by atoms with van der Waals surface area (Å²) < 4.78 is 25.2. The Morgan fingerprint density at radius 3 is 2.72 bits per heavy atom. The Bertz CT molecular complexity index is 462. The molecular formula is C12H12F2N2O2. The predicted molar refractivity (Wildman–Crippen MR) is 60.2 cm³/mol. The maximum Gasteiger partial charge on any atom is 0.252 e. The molecule has 1 aliphatic rings. The van der Waals surface area contributed by atoms with Gasteiger partial charge in [-0.25, -0.2) is 13.8 Å². The van der Waals surface area contributed by atoms with Gasteiger partial charge in [0.05, 0.1) is 6.42 Å². The van der Waals surface area contributed by atoms with Gasteiger partial charge < -0.3 is 5.32 Å². The number of ketones is 1. The number of nitrogens with zero attached hydrogens (tertiary/aromatic N) is 1. The zero-order valence-corrected chi connectivity index (χ0v) is 9.53. The van der Waals surface area contributed by atoms with Crippen LogP contribution in [0.3, 0.4) is 0 Å². The molecule has 0 aliphatic heterocycles.